The van der Waals surface area contributed by atoms with E-state index in [1.54, 1.807) is 10.0 Å². The third kappa shape index (κ3) is 3.65. The summed E-state index contributed by atoms with van der Waals surface area (Å²) in [5.41, 5.74) is 3.66. The van der Waals surface area contributed by atoms with E-state index in [-0.39, 0.29) is 29.9 Å². The van der Waals surface area contributed by atoms with Crippen molar-refractivity contribution in [1.82, 2.24) is 10.0 Å². The number of carbonyl (C=O) groups is 2. The third-order valence-corrected chi connectivity index (χ3v) is 5.97. The summed E-state index contributed by atoms with van der Waals surface area (Å²) in [6.45, 7) is 2.48. The van der Waals surface area contributed by atoms with Gasteiger partial charge in [0.1, 0.15) is 5.75 Å². The van der Waals surface area contributed by atoms with Gasteiger partial charge in [-0.25, -0.2) is 10.0 Å². The number of hydrogen-bond donors (Lipinski definition) is 0. The van der Waals surface area contributed by atoms with Crippen LogP contribution in [0.4, 0.5) is 0 Å². The van der Waals surface area contributed by atoms with Gasteiger partial charge in [0.05, 0.1) is 6.61 Å². The van der Waals surface area contributed by atoms with E-state index in [0.717, 1.165) is 28.1 Å². The van der Waals surface area contributed by atoms with Gasteiger partial charge in [-0.05, 0) is 30.9 Å². The number of rotatable bonds is 5. The number of hydrazine groups is 1. The second kappa shape index (κ2) is 8.44. The van der Waals surface area contributed by atoms with Gasteiger partial charge >= 0.3 is 0 Å². The molecule has 0 spiro atoms. The number of para-hydroxylation sites is 1. The fourth-order valence-electron chi connectivity index (χ4n) is 4.77. The average molecular weight is 405 g/mol. The van der Waals surface area contributed by atoms with Gasteiger partial charge in [0.15, 0.2) is 5.78 Å². The van der Waals surface area contributed by atoms with Gasteiger partial charge < -0.3 is 4.74 Å². The van der Waals surface area contributed by atoms with E-state index in [9.17, 15) is 9.59 Å². The molecule has 4 rings (SSSR count). The van der Waals surface area contributed by atoms with Crippen LogP contribution in [0.1, 0.15) is 49.1 Å². The molecule has 2 aromatic carbocycles. The highest BCUT2D eigenvalue weighted by Gasteiger charge is 2.43. The monoisotopic (exact) mass is 404 g/mol. The molecule has 0 N–H and O–H groups in total. The molecule has 5 heteroatoms. The zero-order chi connectivity index (χ0) is 21.3. The molecule has 0 saturated heterocycles. The number of carbonyl (C=O) groups excluding carboxylic acids is 2. The average Bonchev–Trinajstić information content (AvgIpc) is 2.74. The molecule has 1 heterocycles. The molecule has 1 aliphatic heterocycles. The Kier molecular flexibility index (Phi) is 5.73. The molecule has 30 heavy (non-hydrogen) atoms. The lowest BCUT2D eigenvalue weighted by Gasteiger charge is -2.43. The number of amides is 1. The number of allylic oxidation sites excluding steroid dienone is 2. The van der Waals surface area contributed by atoms with Crippen LogP contribution in [-0.2, 0) is 9.59 Å². The Balaban J connectivity index is 1.83. The van der Waals surface area contributed by atoms with Crippen LogP contribution in [0.2, 0.25) is 0 Å². The lowest BCUT2D eigenvalue weighted by Crippen LogP contribution is -2.48. The highest BCUT2D eigenvalue weighted by atomic mass is 16.5. The van der Waals surface area contributed by atoms with Crippen LogP contribution in [0, 0.1) is 0 Å². The fraction of sp³-hybridized carbons (Fsp3) is 0.360. The van der Waals surface area contributed by atoms with Gasteiger partial charge in [0, 0.05) is 49.7 Å². The first kappa shape index (κ1) is 20.4. The maximum absolute atomic E-state index is 13.5. The maximum Gasteiger partial charge on any atom is 0.242 e. The Bertz CT molecular complexity index is 981. The van der Waals surface area contributed by atoms with Crippen molar-refractivity contribution >= 4 is 11.7 Å². The lowest BCUT2D eigenvalue weighted by atomic mass is 9.73. The van der Waals surface area contributed by atoms with Crippen LogP contribution in [0.25, 0.3) is 0 Å². The normalized spacial score (nSPS) is 21.8. The van der Waals surface area contributed by atoms with E-state index in [1.807, 2.05) is 63.5 Å². The van der Waals surface area contributed by atoms with E-state index >= 15 is 0 Å². The highest BCUT2D eigenvalue weighted by Crippen LogP contribution is 2.47. The Morgan fingerprint density at radius 3 is 2.37 bits per heavy atom. The van der Waals surface area contributed by atoms with E-state index in [4.69, 9.17) is 4.74 Å². The molecule has 0 radical (unpaired) electrons. The van der Waals surface area contributed by atoms with Crippen molar-refractivity contribution in [3.8, 4) is 5.75 Å². The number of ether oxygens (including phenoxy) is 1. The van der Waals surface area contributed by atoms with Gasteiger partial charge in [0.25, 0.3) is 0 Å². The number of benzene rings is 2. The summed E-state index contributed by atoms with van der Waals surface area (Å²) in [4.78, 5) is 26.7. The van der Waals surface area contributed by atoms with Crippen LogP contribution in [0.15, 0.2) is 65.9 Å². The lowest BCUT2D eigenvalue weighted by molar-refractivity contribution is -0.143. The van der Waals surface area contributed by atoms with Crippen molar-refractivity contribution in [1.29, 1.82) is 0 Å². The molecule has 2 aliphatic rings. The third-order valence-electron chi connectivity index (χ3n) is 5.97. The van der Waals surface area contributed by atoms with Crippen LogP contribution in [0.5, 0.6) is 5.75 Å². The van der Waals surface area contributed by atoms with Crippen molar-refractivity contribution in [3.63, 3.8) is 0 Å². The molecule has 156 valence electrons. The zero-order valence-electron chi connectivity index (χ0n) is 17.8. The minimum absolute atomic E-state index is 0.0107. The van der Waals surface area contributed by atoms with Gasteiger partial charge in [0.2, 0.25) is 5.91 Å². The van der Waals surface area contributed by atoms with Crippen LogP contribution < -0.4 is 4.74 Å². The summed E-state index contributed by atoms with van der Waals surface area (Å²) in [7, 11) is 3.71. The van der Waals surface area contributed by atoms with Gasteiger partial charge in [-0.15, -0.1) is 0 Å². The second-order valence-corrected chi connectivity index (χ2v) is 8.08. The topological polar surface area (TPSA) is 49.9 Å². The van der Waals surface area contributed by atoms with E-state index in [2.05, 4.69) is 12.1 Å². The molecule has 1 aliphatic carbocycles. The number of nitrogens with zero attached hydrogens (tertiary/aromatic N) is 2. The van der Waals surface area contributed by atoms with Crippen molar-refractivity contribution in [2.75, 3.05) is 20.7 Å². The number of Topliss-reactive ketones (excluding diaryl/α,β-unsaturated/α-hetero) is 1. The molecule has 0 fully saturated rings. The molecule has 1 amide bonds. The van der Waals surface area contributed by atoms with Crippen molar-refractivity contribution in [3.05, 3.63) is 77.0 Å². The molecule has 5 nitrogen and oxygen atoms in total. The first-order valence-corrected chi connectivity index (χ1v) is 10.5. The summed E-state index contributed by atoms with van der Waals surface area (Å²) in [5, 5.41) is 3.49. The molecule has 0 saturated carbocycles. The summed E-state index contributed by atoms with van der Waals surface area (Å²) >= 11 is 0. The predicted octanol–water partition coefficient (Wildman–Crippen LogP) is 4.28. The van der Waals surface area contributed by atoms with Crippen molar-refractivity contribution < 1.29 is 14.3 Å². The van der Waals surface area contributed by atoms with Crippen molar-refractivity contribution in [2.45, 2.75) is 38.0 Å². The Labute approximate surface area is 177 Å². The first-order chi connectivity index (χ1) is 14.5. The van der Waals surface area contributed by atoms with Crippen LogP contribution in [0.3, 0.4) is 0 Å². The van der Waals surface area contributed by atoms with Crippen molar-refractivity contribution in [2.24, 2.45) is 0 Å². The predicted molar refractivity (Wildman–Crippen MR) is 116 cm³/mol. The van der Waals surface area contributed by atoms with E-state index in [0.29, 0.717) is 19.4 Å². The Morgan fingerprint density at radius 2 is 1.67 bits per heavy atom. The summed E-state index contributed by atoms with van der Waals surface area (Å²) in [6.07, 6.45) is 1.40. The molecule has 2 aromatic rings. The zero-order valence-corrected chi connectivity index (χ0v) is 17.8. The molecular weight excluding hydrogens is 376 g/mol. The molecular formula is C25H28N2O3. The summed E-state index contributed by atoms with van der Waals surface area (Å²) in [6, 6.07) is 17.9. The van der Waals surface area contributed by atoms with Gasteiger partial charge in [-0.3, -0.25) is 9.59 Å². The first-order valence-electron chi connectivity index (χ1n) is 10.5. The highest BCUT2D eigenvalue weighted by molar-refractivity contribution is 6.02. The smallest absolute Gasteiger partial charge is 0.242 e. The number of ketones is 1. The maximum atomic E-state index is 13.5. The summed E-state index contributed by atoms with van der Waals surface area (Å²) in [5.74, 6) is 0.697. The Hall–Kier alpha value is -2.92. The fourth-order valence-corrected chi connectivity index (χ4v) is 4.77. The minimum Gasteiger partial charge on any atom is -0.494 e. The quantitative estimate of drug-likeness (QED) is 0.746. The van der Waals surface area contributed by atoms with Crippen LogP contribution in [-0.4, -0.2) is 42.4 Å². The second-order valence-electron chi connectivity index (χ2n) is 8.08. The molecule has 2 atom stereocenters. The molecule has 0 bridgehead atoms. The van der Waals surface area contributed by atoms with Gasteiger partial charge in [-0.1, -0.05) is 48.5 Å². The van der Waals surface area contributed by atoms with Crippen LogP contribution >= 0.6 is 0 Å². The minimum atomic E-state index is -0.268. The molecule has 0 unspecified atom stereocenters. The van der Waals surface area contributed by atoms with Gasteiger partial charge in [-0.2, -0.15) is 0 Å². The molecule has 0 aromatic heterocycles. The van der Waals surface area contributed by atoms with E-state index < -0.39 is 0 Å². The number of hydrogen-bond acceptors (Lipinski definition) is 4. The largest absolute Gasteiger partial charge is 0.494 e. The standard InChI is InChI=1S/C25H28N2O3/c1-4-30-23-13-9-8-12-19(23)20-16-24(29)27(26(2)3)21-14-18(15-22(28)25(20)21)17-10-6-5-7-11-17/h5-13,18,20H,4,14-16H2,1-3H3/t18-,20-/m1/s1. The summed E-state index contributed by atoms with van der Waals surface area (Å²) < 4.78 is 5.84. The van der Waals surface area contributed by atoms with E-state index in [1.165, 1.54) is 0 Å². The SMILES string of the molecule is CCOc1ccccc1[C@H]1CC(=O)N(N(C)C)C2=C1C(=O)C[C@H](c1ccccc1)C2. The Morgan fingerprint density at radius 1 is 0.967 bits per heavy atom.